The summed E-state index contributed by atoms with van der Waals surface area (Å²) in [6, 6.07) is 11.5. The second-order valence-electron chi connectivity index (χ2n) is 6.92. The molecule has 0 spiro atoms. The molecule has 0 aliphatic heterocycles. The fraction of sp³-hybridized carbons (Fsp3) is 0.348. The fourth-order valence-electron chi connectivity index (χ4n) is 2.70. The van der Waals surface area contributed by atoms with Gasteiger partial charge in [0.2, 0.25) is 5.91 Å². The van der Waals surface area contributed by atoms with E-state index in [1.165, 1.54) is 13.2 Å². The highest BCUT2D eigenvalue weighted by Gasteiger charge is 2.14. The molecule has 166 valence electrons. The van der Waals surface area contributed by atoms with E-state index in [9.17, 15) is 14.4 Å². The second-order valence-corrected chi connectivity index (χ2v) is 6.92. The summed E-state index contributed by atoms with van der Waals surface area (Å²) < 4.78 is 16.2. The highest BCUT2D eigenvalue weighted by atomic mass is 16.5. The van der Waals surface area contributed by atoms with Crippen LogP contribution >= 0.6 is 0 Å². The minimum Gasteiger partial charge on any atom is -0.494 e. The van der Waals surface area contributed by atoms with E-state index in [4.69, 9.17) is 14.2 Å². The average molecular weight is 428 g/mol. The van der Waals surface area contributed by atoms with Gasteiger partial charge >= 0.3 is 0 Å². The summed E-state index contributed by atoms with van der Waals surface area (Å²) in [6.45, 7) is 6.19. The van der Waals surface area contributed by atoms with Crippen LogP contribution in [0.1, 0.15) is 54.3 Å². The number of hydrazine groups is 1. The van der Waals surface area contributed by atoms with E-state index in [0.717, 1.165) is 0 Å². The van der Waals surface area contributed by atoms with Crippen LogP contribution in [0.3, 0.4) is 0 Å². The van der Waals surface area contributed by atoms with Crippen molar-refractivity contribution in [1.29, 1.82) is 0 Å². The SMILES string of the molecule is CCOc1ccc(C(=O)CCC(=O)NNC(=O)c2ccc(OC(C)C)c(OC)c2)cc1. The average Bonchev–Trinajstić information content (AvgIpc) is 2.76. The molecule has 0 saturated heterocycles. The summed E-state index contributed by atoms with van der Waals surface area (Å²) in [6.07, 6.45) is -0.0835. The van der Waals surface area contributed by atoms with Gasteiger partial charge in [-0.05, 0) is 63.2 Å². The number of rotatable bonds is 10. The third kappa shape index (κ3) is 7.33. The predicted octanol–water partition coefficient (Wildman–Crippen LogP) is 3.31. The molecule has 0 aromatic heterocycles. The second kappa shape index (κ2) is 11.6. The number of hydrogen-bond acceptors (Lipinski definition) is 6. The van der Waals surface area contributed by atoms with Crippen LogP contribution in [0.15, 0.2) is 42.5 Å². The normalized spacial score (nSPS) is 10.4. The number of amides is 2. The standard InChI is InChI=1S/C23H28N2O6/c1-5-30-18-9-6-16(7-10-18)19(26)11-13-22(27)24-25-23(28)17-8-12-20(31-15(2)3)21(14-17)29-4/h6-10,12,14-15H,5,11,13H2,1-4H3,(H,24,27)(H,25,28). The van der Waals surface area contributed by atoms with Crippen molar-refractivity contribution in [3.63, 3.8) is 0 Å². The van der Waals surface area contributed by atoms with Gasteiger partial charge in [0.15, 0.2) is 17.3 Å². The first-order valence-electron chi connectivity index (χ1n) is 10.0. The molecule has 0 bridgehead atoms. The number of ketones is 1. The number of hydrogen-bond donors (Lipinski definition) is 2. The van der Waals surface area contributed by atoms with Crippen LogP contribution < -0.4 is 25.1 Å². The summed E-state index contributed by atoms with van der Waals surface area (Å²) in [5.74, 6) is 0.453. The van der Waals surface area contributed by atoms with E-state index in [0.29, 0.717) is 35.0 Å². The zero-order valence-electron chi connectivity index (χ0n) is 18.2. The van der Waals surface area contributed by atoms with E-state index in [2.05, 4.69) is 10.9 Å². The van der Waals surface area contributed by atoms with E-state index in [-0.39, 0.29) is 24.7 Å². The molecule has 8 nitrogen and oxygen atoms in total. The Kier molecular flexibility index (Phi) is 8.87. The molecule has 2 aromatic carbocycles. The lowest BCUT2D eigenvalue weighted by molar-refractivity contribution is -0.121. The zero-order valence-corrected chi connectivity index (χ0v) is 18.2. The van der Waals surface area contributed by atoms with Gasteiger partial charge in [-0.15, -0.1) is 0 Å². The number of ether oxygens (including phenoxy) is 3. The Morgan fingerprint density at radius 3 is 2.19 bits per heavy atom. The molecule has 0 aliphatic rings. The molecule has 0 unspecified atom stereocenters. The minimum absolute atomic E-state index is 0.0186. The van der Waals surface area contributed by atoms with E-state index >= 15 is 0 Å². The molecule has 0 aliphatic carbocycles. The van der Waals surface area contributed by atoms with Crippen LogP contribution in [0.5, 0.6) is 17.2 Å². The van der Waals surface area contributed by atoms with Crippen LogP contribution in [0.2, 0.25) is 0 Å². The summed E-state index contributed by atoms with van der Waals surface area (Å²) in [5, 5.41) is 0. The van der Waals surface area contributed by atoms with Crippen molar-refractivity contribution in [2.45, 2.75) is 39.7 Å². The molecule has 31 heavy (non-hydrogen) atoms. The van der Waals surface area contributed by atoms with Crippen LogP contribution in [-0.2, 0) is 4.79 Å². The number of nitrogens with one attached hydrogen (secondary N) is 2. The fourth-order valence-corrected chi connectivity index (χ4v) is 2.70. The molecule has 2 amide bonds. The van der Waals surface area contributed by atoms with E-state index in [1.54, 1.807) is 36.4 Å². The van der Waals surface area contributed by atoms with Gasteiger partial charge in [-0.25, -0.2) is 0 Å². The summed E-state index contributed by atoms with van der Waals surface area (Å²) in [7, 11) is 1.48. The van der Waals surface area contributed by atoms with Gasteiger partial charge in [0, 0.05) is 24.0 Å². The summed E-state index contributed by atoms with van der Waals surface area (Å²) in [4.78, 5) is 36.5. The maximum absolute atomic E-state index is 12.3. The highest BCUT2D eigenvalue weighted by Crippen LogP contribution is 2.28. The smallest absolute Gasteiger partial charge is 0.269 e. The minimum atomic E-state index is -0.513. The van der Waals surface area contributed by atoms with Gasteiger partial charge in [0.05, 0.1) is 19.8 Å². The maximum atomic E-state index is 12.3. The first-order valence-corrected chi connectivity index (χ1v) is 10.0. The Balaban J connectivity index is 1.83. The first kappa shape index (κ1) is 23.7. The van der Waals surface area contributed by atoms with Gasteiger partial charge in [0.1, 0.15) is 5.75 Å². The van der Waals surface area contributed by atoms with Crippen molar-refractivity contribution in [2.24, 2.45) is 0 Å². The molecule has 8 heteroatoms. The van der Waals surface area contributed by atoms with Crippen LogP contribution in [0.25, 0.3) is 0 Å². The van der Waals surface area contributed by atoms with Crippen LogP contribution in [0, 0.1) is 0 Å². The zero-order chi connectivity index (χ0) is 22.8. The van der Waals surface area contributed by atoms with E-state index in [1.807, 2.05) is 20.8 Å². The highest BCUT2D eigenvalue weighted by molar-refractivity contribution is 5.99. The topological polar surface area (TPSA) is 103 Å². The largest absolute Gasteiger partial charge is 0.494 e. The Morgan fingerprint density at radius 2 is 1.58 bits per heavy atom. The number of Topliss-reactive ketones (excluding diaryl/α,β-unsaturated/α-hetero) is 1. The molecule has 0 saturated carbocycles. The van der Waals surface area contributed by atoms with Crippen molar-refractivity contribution in [2.75, 3.05) is 13.7 Å². The van der Waals surface area contributed by atoms with Gasteiger partial charge in [0.25, 0.3) is 5.91 Å². The Labute approximate surface area is 181 Å². The van der Waals surface area contributed by atoms with Crippen molar-refractivity contribution in [3.8, 4) is 17.2 Å². The molecule has 2 aromatic rings. The van der Waals surface area contributed by atoms with Gasteiger partial charge in [-0.1, -0.05) is 0 Å². The summed E-state index contributed by atoms with van der Waals surface area (Å²) in [5.41, 5.74) is 5.43. The third-order valence-electron chi connectivity index (χ3n) is 4.17. The molecular formula is C23H28N2O6. The number of carbonyl (C=O) groups excluding carboxylic acids is 3. The maximum Gasteiger partial charge on any atom is 0.269 e. The molecule has 0 heterocycles. The van der Waals surface area contributed by atoms with Gasteiger partial charge < -0.3 is 14.2 Å². The van der Waals surface area contributed by atoms with Crippen molar-refractivity contribution < 1.29 is 28.6 Å². The number of carbonyl (C=O) groups is 3. The Hall–Kier alpha value is -3.55. The monoisotopic (exact) mass is 428 g/mol. The number of methoxy groups -OCH3 is 1. The number of benzene rings is 2. The third-order valence-corrected chi connectivity index (χ3v) is 4.17. The lowest BCUT2D eigenvalue weighted by atomic mass is 10.1. The summed E-state index contributed by atoms with van der Waals surface area (Å²) >= 11 is 0. The molecule has 2 N–H and O–H groups in total. The lowest BCUT2D eigenvalue weighted by Gasteiger charge is -2.14. The molecule has 2 rings (SSSR count). The molecule has 0 radical (unpaired) electrons. The van der Waals surface area contributed by atoms with E-state index < -0.39 is 11.8 Å². The molecule has 0 fully saturated rings. The van der Waals surface area contributed by atoms with Crippen LogP contribution in [0.4, 0.5) is 0 Å². The molecule has 0 atom stereocenters. The Bertz CT molecular complexity index is 909. The van der Waals surface area contributed by atoms with Crippen molar-refractivity contribution in [1.82, 2.24) is 10.9 Å². The molecular weight excluding hydrogens is 400 g/mol. The first-order chi connectivity index (χ1) is 14.8. The quantitative estimate of drug-likeness (QED) is 0.445. The predicted molar refractivity (Wildman–Crippen MR) is 116 cm³/mol. The van der Waals surface area contributed by atoms with Gasteiger partial charge in [-0.2, -0.15) is 0 Å². The van der Waals surface area contributed by atoms with Crippen molar-refractivity contribution >= 4 is 17.6 Å². The Morgan fingerprint density at radius 1 is 0.903 bits per heavy atom. The van der Waals surface area contributed by atoms with Gasteiger partial charge in [-0.3, -0.25) is 25.2 Å². The van der Waals surface area contributed by atoms with Crippen molar-refractivity contribution in [3.05, 3.63) is 53.6 Å². The lowest BCUT2D eigenvalue weighted by Crippen LogP contribution is -2.41. The van der Waals surface area contributed by atoms with Crippen LogP contribution in [-0.4, -0.2) is 37.4 Å².